The summed E-state index contributed by atoms with van der Waals surface area (Å²) in [5, 5.41) is 0.528. The van der Waals surface area contributed by atoms with Gasteiger partial charge in [-0.3, -0.25) is 0 Å². The minimum atomic E-state index is -3.53. The van der Waals surface area contributed by atoms with E-state index in [-0.39, 0.29) is 10.1 Å². The first-order valence-corrected chi connectivity index (χ1v) is 6.47. The normalized spacial score (nSPS) is 11.5. The fourth-order valence-electron chi connectivity index (χ4n) is 1.09. The smallest absolute Gasteiger partial charge is 0.215 e. The van der Waals surface area contributed by atoms with Crippen LogP contribution in [0.15, 0.2) is 40.4 Å². The number of aromatic nitrogens is 2. The zero-order valence-corrected chi connectivity index (χ0v) is 9.55. The lowest BCUT2D eigenvalue weighted by Gasteiger charge is -1.97. The third kappa shape index (κ3) is 1.91. The Kier molecular flexibility index (Phi) is 2.54. The highest BCUT2D eigenvalue weighted by molar-refractivity contribution is 7.91. The molecule has 0 fully saturated rings. The van der Waals surface area contributed by atoms with E-state index < -0.39 is 9.84 Å². The summed E-state index contributed by atoms with van der Waals surface area (Å²) < 4.78 is 27.7. The second kappa shape index (κ2) is 3.71. The lowest BCUT2D eigenvalue weighted by Crippen LogP contribution is -2.03. The quantitative estimate of drug-likeness (QED) is 0.801. The van der Waals surface area contributed by atoms with Crippen LogP contribution in [0.25, 0.3) is 0 Å². The van der Waals surface area contributed by atoms with Crippen LogP contribution in [0.4, 0.5) is 0 Å². The summed E-state index contributed by atoms with van der Waals surface area (Å²) in [7, 11) is -3.53. The third-order valence-electron chi connectivity index (χ3n) is 1.80. The van der Waals surface area contributed by atoms with E-state index >= 15 is 0 Å². The Morgan fingerprint density at radius 1 is 1.20 bits per heavy atom. The lowest BCUT2D eigenvalue weighted by atomic mass is 10.4. The molecule has 0 aliphatic carbocycles. The largest absolute Gasteiger partial charge is 0.263 e. The number of aryl methyl sites for hydroxylation is 1. The van der Waals surface area contributed by atoms with Gasteiger partial charge in [0.1, 0.15) is 5.01 Å². The van der Waals surface area contributed by atoms with Crippen LogP contribution in [0, 0.1) is 6.92 Å². The zero-order valence-electron chi connectivity index (χ0n) is 7.91. The van der Waals surface area contributed by atoms with Crippen molar-refractivity contribution >= 4 is 21.4 Å². The van der Waals surface area contributed by atoms with E-state index in [0.29, 0.717) is 5.01 Å². The summed E-state index contributed by atoms with van der Waals surface area (Å²) in [5.41, 5.74) is 0. The fraction of sp³-hybridized carbons (Fsp3) is 0.111. The molecular weight excluding hydrogens is 232 g/mol. The Labute approximate surface area is 91.7 Å². The highest BCUT2D eigenvalue weighted by Crippen LogP contribution is 2.18. The summed E-state index contributed by atoms with van der Waals surface area (Å²) in [6, 6.07) is 8.17. The molecule has 0 amide bonds. The van der Waals surface area contributed by atoms with Crippen molar-refractivity contribution in [2.75, 3.05) is 0 Å². The van der Waals surface area contributed by atoms with E-state index in [9.17, 15) is 8.42 Å². The molecule has 0 saturated carbocycles. The molecule has 0 bridgehead atoms. The molecule has 4 nitrogen and oxygen atoms in total. The maximum atomic E-state index is 11.9. The summed E-state index contributed by atoms with van der Waals surface area (Å²) in [6.07, 6.45) is 0. The van der Waals surface area contributed by atoms with Gasteiger partial charge in [0.25, 0.3) is 5.16 Å². The van der Waals surface area contributed by atoms with Crippen LogP contribution in [0.5, 0.6) is 0 Å². The zero-order chi connectivity index (χ0) is 10.9. The van der Waals surface area contributed by atoms with Crippen LogP contribution in [0.1, 0.15) is 5.01 Å². The van der Waals surface area contributed by atoms with Crippen molar-refractivity contribution in [2.24, 2.45) is 0 Å². The number of nitrogens with zero attached hydrogens (tertiary/aromatic N) is 2. The number of sulfone groups is 1. The van der Waals surface area contributed by atoms with Gasteiger partial charge in [0.05, 0.1) is 4.90 Å². The minimum absolute atomic E-state index is 0.115. The van der Waals surface area contributed by atoms with Gasteiger partial charge in [0, 0.05) is 0 Å². The van der Waals surface area contributed by atoms with E-state index in [1.165, 1.54) is 12.1 Å². The predicted octanol–water partition coefficient (Wildman–Crippen LogP) is 1.68. The minimum Gasteiger partial charge on any atom is -0.215 e. The first kappa shape index (κ1) is 10.3. The summed E-state index contributed by atoms with van der Waals surface area (Å²) in [6.45, 7) is 1.72. The van der Waals surface area contributed by atoms with E-state index in [0.717, 1.165) is 11.5 Å². The highest BCUT2D eigenvalue weighted by Gasteiger charge is 2.21. The monoisotopic (exact) mass is 240 g/mol. The van der Waals surface area contributed by atoms with Crippen LogP contribution < -0.4 is 0 Å². The second-order valence-corrected chi connectivity index (χ2v) is 5.71. The molecular formula is C9H8N2O2S2. The van der Waals surface area contributed by atoms with E-state index in [1.54, 1.807) is 25.1 Å². The van der Waals surface area contributed by atoms with Crippen molar-refractivity contribution in [1.29, 1.82) is 0 Å². The fourth-order valence-corrected chi connectivity index (χ4v) is 3.02. The Bertz CT molecular complexity index is 561. The van der Waals surface area contributed by atoms with Crippen LogP contribution >= 0.6 is 11.5 Å². The Morgan fingerprint density at radius 3 is 2.40 bits per heavy atom. The molecule has 0 N–H and O–H groups in total. The van der Waals surface area contributed by atoms with Gasteiger partial charge in [0.2, 0.25) is 9.84 Å². The maximum absolute atomic E-state index is 11.9. The lowest BCUT2D eigenvalue weighted by molar-refractivity contribution is 0.589. The van der Waals surface area contributed by atoms with Crippen LogP contribution in [0.3, 0.4) is 0 Å². The third-order valence-corrected chi connectivity index (χ3v) is 4.09. The van der Waals surface area contributed by atoms with Gasteiger partial charge in [-0.2, -0.15) is 4.37 Å². The highest BCUT2D eigenvalue weighted by atomic mass is 32.2. The molecule has 0 aliphatic heterocycles. The molecule has 0 radical (unpaired) electrons. The van der Waals surface area contributed by atoms with Crippen LogP contribution in [0.2, 0.25) is 0 Å². The molecule has 0 atom stereocenters. The van der Waals surface area contributed by atoms with Crippen LogP contribution in [-0.4, -0.2) is 17.8 Å². The number of rotatable bonds is 2. The molecule has 2 aromatic rings. The van der Waals surface area contributed by atoms with E-state index in [2.05, 4.69) is 9.36 Å². The van der Waals surface area contributed by atoms with E-state index in [1.807, 2.05) is 0 Å². The van der Waals surface area contributed by atoms with E-state index in [4.69, 9.17) is 0 Å². The van der Waals surface area contributed by atoms with Crippen molar-refractivity contribution in [3.63, 3.8) is 0 Å². The molecule has 0 unspecified atom stereocenters. The average Bonchev–Trinajstić information content (AvgIpc) is 2.67. The van der Waals surface area contributed by atoms with Crippen molar-refractivity contribution in [1.82, 2.24) is 9.36 Å². The predicted molar refractivity (Wildman–Crippen MR) is 56.5 cm³/mol. The van der Waals surface area contributed by atoms with Gasteiger partial charge in [-0.15, -0.1) is 0 Å². The molecule has 0 spiro atoms. The van der Waals surface area contributed by atoms with Crippen molar-refractivity contribution in [2.45, 2.75) is 17.0 Å². The van der Waals surface area contributed by atoms with Crippen molar-refractivity contribution < 1.29 is 8.42 Å². The number of hydrogen-bond donors (Lipinski definition) is 0. The van der Waals surface area contributed by atoms with Gasteiger partial charge in [-0.25, -0.2) is 13.4 Å². The second-order valence-electron chi connectivity index (χ2n) is 2.91. The topological polar surface area (TPSA) is 59.9 Å². The van der Waals surface area contributed by atoms with Gasteiger partial charge in [0.15, 0.2) is 0 Å². The first-order chi connectivity index (χ1) is 7.10. The summed E-state index contributed by atoms with van der Waals surface area (Å²) in [5.74, 6) is 0. The maximum Gasteiger partial charge on any atom is 0.263 e. The standard InChI is InChI=1S/C9H8N2O2S2/c1-7-10-9(11-14-7)15(12,13)8-5-3-2-4-6-8/h2-6H,1H3. The van der Waals surface area contributed by atoms with Gasteiger partial charge >= 0.3 is 0 Å². The van der Waals surface area contributed by atoms with Gasteiger partial charge < -0.3 is 0 Å². The van der Waals surface area contributed by atoms with Crippen LogP contribution in [-0.2, 0) is 9.84 Å². The average molecular weight is 240 g/mol. The summed E-state index contributed by atoms with van der Waals surface area (Å²) >= 11 is 1.09. The first-order valence-electron chi connectivity index (χ1n) is 4.21. The SMILES string of the molecule is Cc1nc(S(=O)(=O)c2ccccc2)ns1. The Balaban J connectivity index is 2.54. The molecule has 0 saturated heterocycles. The summed E-state index contributed by atoms with van der Waals surface area (Å²) in [4.78, 5) is 4.10. The molecule has 1 heterocycles. The molecule has 1 aromatic carbocycles. The Hall–Kier alpha value is -1.27. The Morgan fingerprint density at radius 2 is 1.87 bits per heavy atom. The molecule has 6 heteroatoms. The molecule has 1 aromatic heterocycles. The molecule has 0 aliphatic rings. The van der Waals surface area contributed by atoms with Gasteiger partial charge in [-0.1, -0.05) is 18.2 Å². The number of benzene rings is 1. The molecule has 78 valence electrons. The molecule has 2 rings (SSSR count). The molecule has 15 heavy (non-hydrogen) atoms. The number of hydrogen-bond acceptors (Lipinski definition) is 5. The van der Waals surface area contributed by atoms with Crippen molar-refractivity contribution in [3.05, 3.63) is 35.3 Å². The van der Waals surface area contributed by atoms with Crippen molar-refractivity contribution in [3.8, 4) is 0 Å². The van der Waals surface area contributed by atoms with Gasteiger partial charge in [-0.05, 0) is 30.6 Å².